The molecule has 0 aliphatic carbocycles. The number of rotatable bonds is 6. The highest BCUT2D eigenvalue weighted by Crippen LogP contribution is 2.24. The van der Waals surface area contributed by atoms with E-state index in [2.05, 4.69) is 15.5 Å². The van der Waals surface area contributed by atoms with Crippen LogP contribution in [0.2, 0.25) is 0 Å². The summed E-state index contributed by atoms with van der Waals surface area (Å²) in [5, 5.41) is 6.37. The molecule has 1 atom stereocenters. The third kappa shape index (κ3) is 4.35. The van der Waals surface area contributed by atoms with E-state index in [0.717, 1.165) is 11.1 Å². The van der Waals surface area contributed by atoms with Crippen molar-refractivity contribution < 1.29 is 14.1 Å². The number of benzene rings is 2. The number of nitrogens with one attached hydrogen (secondary N) is 1. The van der Waals surface area contributed by atoms with Crippen LogP contribution in [0.1, 0.15) is 24.4 Å². The van der Waals surface area contributed by atoms with Crippen LogP contribution < -0.4 is 15.8 Å². The van der Waals surface area contributed by atoms with Crippen LogP contribution in [0.25, 0.3) is 11.5 Å². The average Bonchev–Trinajstić information content (AvgIpc) is 3.11. The predicted molar refractivity (Wildman–Crippen MR) is 91.6 cm³/mol. The second-order valence-electron chi connectivity index (χ2n) is 5.49. The number of carbonyl (C=O) groups excluding carboxylic acids is 1. The van der Waals surface area contributed by atoms with Crippen LogP contribution >= 0.6 is 0 Å². The van der Waals surface area contributed by atoms with E-state index in [1.165, 1.54) is 0 Å². The molecule has 0 spiro atoms. The third-order valence-electron chi connectivity index (χ3n) is 3.52. The predicted octanol–water partition coefficient (Wildman–Crippen LogP) is 3.04. The molecule has 128 valence electrons. The maximum absolute atomic E-state index is 10.9. The van der Waals surface area contributed by atoms with Crippen molar-refractivity contribution in [2.24, 2.45) is 5.73 Å². The molecule has 0 radical (unpaired) electrons. The van der Waals surface area contributed by atoms with Crippen LogP contribution in [0.4, 0.5) is 4.79 Å². The third-order valence-corrected chi connectivity index (χ3v) is 3.52. The lowest BCUT2D eigenvalue weighted by atomic mass is 10.2. The molecule has 1 heterocycles. The number of nitrogens with two attached hydrogens (primary N) is 1. The fourth-order valence-electron chi connectivity index (χ4n) is 2.27. The molecule has 3 N–H and O–H groups in total. The fraction of sp³-hybridized carbons (Fsp3) is 0.167. The molecular formula is C18H18N4O3. The van der Waals surface area contributed by atoms with Crippen LogP contribution in [0, 0.1) is 0 Å². The van der Waals surface area contributed by atoms with Crippen LogP contribution in [0.15, 0.2) is 59.1 Å². The van der Waals surface area contributed by atoms with Gasteiger partial charge in [0.15, 0.2) is 5.82 Å². The molecule has 3 aromatic rings. The van der Waals surface area contributed by atoms with E-state index in [-0.39, 0.29) is 0 Å². The van der Waals surface area contributed by atoms with E-state index in [0.29, 0.717) is 24.1 Å². The van der Waals surface area contributed by atoms with E-state index in [1.807, 2.05) is 54.6 Å². The van der Waals surface area contributed by atoms with Gasteiger partial charge in [-0.25, -0.2) is 4.79 Å². The zero-order valence-corrected chi connectivity index (χ0v) is 13.7. The van der Waals surface area contributed by atoms with Gasteiger partial charge in [-0.3, -0.25) is 0 Å². The summed E-state index contributed by atoms with van der Waals surface area (Å²) in [6.45, 7) is 2.19. The molecule has 7 nitrogen and oxygen atoms in total. The molecule has 1 aromatic heterocycles. The van der Waals surface area contributed by atoms with Gasteiger partial charge < -0.3 is 20.3 Å². The Morgan fingerprint density at radius 1 is 1.24 bits per heavy atom. The smallest absolute Gasteiger partial charge is 0.312 e. The molecule has 0 saturated heterocycles. The maximum Gasteiger partial charge on any atom is 0.312 e. The van der Waals surface area contributed by atoms with Crippen molar-refractivity contribution in [3.63, 3.8) is 0 Å². The van der Waals surface area contributed by atoms with E-state index >= 15 is 0 Å². The summed E-state index contributed by atoms with van der Waals surface area (Å²) in [7, 11) is 0. The Balaban J connectivity index is 1.71. The van der Waals surface area contributed by atoms with E-state index in [1.54, 1.807) is 6.92 Å². The van der Waals surface area contributed by atoms with Crippen molar-refractivity contribution >= 4 is 6.03 Å². The van der Waals surface area contributed by atoms with Gasteiger partial charge in [-0.05, 0) is 30.7 Å². The number of hydrogen-bond acceptors (Lipinski definition) is 5. The fourth-order valence-corrected chi connectivity index (χ4v) is 2.27. The van der Waals surface area contributed by atoms with Crippen LogP contribution in [0.5, 0.6) is 5.75 Å². The molecular weight excluding hydrogens is 320 g/mol. The summed E-state index contributed by atoms with van der Waals surface area (Å²) in [6, 6.07) is 16.2. The molecule has 0 aliphatic rings. The largest absolute Gasteiger partial charge is 0.489 e. The second kappa shape index (κ2) is 7.48. The van der Waals surface area contributed by atoms with Crippen molar-refractivity contribution in [1.29, 1.82) is 0 Å². The highest BCUT2D eigenvalue weighted by atomic mass is 16.5. The first kappa shape index (κ1) is 16.5. The van der Waals surface area contributed by atoms with Gasteiger partial charge in [-0.15, -0.1) is 0 Å². The first-order valence-electron chi connectivity index (χ1n) is 7.78. The summed E-state index contributed by atoms with van der Waals surface area (Å²) in [4.78, 5) is 15.2. The minimum atomic E-state index is -0.643. The Kier molecular flexibility index (Phi) is 4.94. The Morgan fingerprint density at radius 2 is 2.04 bits per heavy atom. The number of primary amides is 1. The summed E-state index contributed by atoms with van der Waals surface area (Å²) < 4.78 is 11.1. The number of urea groups is 1. The van der Waals surface area contributed by atoms with Crippen molar-refractivity contribution in [2.75, 3.05) is 0 Å². The van der Waals surface area contributed by atoms with E-state index in [9.17, 15) is 4.79 Å². The molecule has 0 bridgehead atoms. The lowest BCUT2D eigenvalue weighted by Gasteiger charge is -2.07. The molecule has 2 amide bonds. The van der Waals surface area contributed by atoms with Gasteiger partial charge in [-0.1, -0.05) is 41.6 Å². The monoisotopic (exact) mass is 338 g/mol. The Bertz CT molecular complexity index is 848. The van der Waals surface area contributed by atoms with Crippen molar-refractivity contribution in [3.05, 3.63) is 66.0 Å². The standard InChI is InChI=1S/C18H18N4O3/c1-12(20-18(19)23)16-21-17(25-22-16)14-8-5-9-15(10-14)24-11-13-6-3-2-4-7-13/h2-10,12H,11H2,1H3,(H3,19,20,23). The van der Waals surface area contributed by atoms with Gasteiger partial charge in [0.1, 0.15) is 12.4 Å². The number of nitrogens with zero attached hydrogens (tertiary/aromatic N) is 2. The Labute approximate surface area is 144 Å². The maximum atomic E-state index is 10.9. The molecule has 0 saturated carbocycles. The lowest BCUT2D eigenvalue weighted by molar-refractivity contribution is 0.245. The minimum absolute atomic E-state index is 0.346. The van der Waals surface area contributed by atoms with Crippen molar-refractivity contribution in [3.8, 4) is 17.2 Å². The van der Waals surface area contributed by atoms with Crippen LogP contribution in [0.3, 0.4) is 0 Å². The Morgan fingerprint density at radius 3 is 2.80 bits per heavy atom. The SMILES string of the molecule is CC(NC(N)=O)c1noc(-c2cccc(OCc3ccccc3)c2)n1. The molecule has 0 fully saturated rings. The molecule has 0 aliphatic heterocycles. The number of hydrogen-bond donors (Lipinski definition) is 2. The normalized spacial score (nSPS) is 11.7. The average molecular weight is 338 g/mol. The number of ether oxygens (including phenoxy) is 1. The lowest BCUT2D eigenvalue weighted by Crippen LogP contribution is -2.32. The van der Waals surface area contributed by atoms with Gasteiger partial charge in [0, 0.05) is 5.56 Å². The van der Waals surface area contributed by atoms with E-state index < -0.39 is 12.1 Å². The molecule has 7 heteroatoms. The van der Waals surface area contributed by atoms with Gasteiger partial charge in [0.2, 0.25) is 0 Å². The van der Waals surface area contributed by atoms with E-state index in [4.69, 9.17) is 15.0 Å². The highest BCUT2D eigenvalue weighted by Gasteiger charge is 2.16. The molecule has 25 heavy (non-hydrogen) atoms. The van der Waals surface area contributed by atoms with Crippen molar-refractivity contribution in [2.45, 2.75) is 19.6 Å². The molecule has 3 rings (SSSR count). The first-order chi connectivity index (χ1) is 12.1. The summed E-state index contributed by atoms with van der Waals surface area (Å²) >= 11 is 0. The molecule has 2 aromatic carbocycles. The summed E-state index contributed by atoms with van der Waals surface area (Å²) in [6.07, 6.45) is 0. The van der Waals surface area contributed by atoms with Crippen LogP contribution in [-0.2, 0) is 6.61 Å². The van der Waals surface area contributed by atoms with Gasteiger partial charge >= 0.3 is 6.03 Å². The number of aromatic nitrogens is 2. The first-order valence-corrected chi connectivity index (χ1v) is 7.78. The number of amides is 2. The zero-order valence-electron chi connectivity index (χ0n) is 13.7. The Hall–Kier alpha value is -3.35. The molecule has 1 unspecified atom stereocenters. The zero-order chi connectivity index (χ0) is 17.6. The quantitative estimate of drug-likeness (QED) is 0.719. The second-order valence-corrected chi connectivity index (χ2v) is 5.49. The summed E-state index contributed by atoms with van der Waals surface area (Å²) in [5.41, 5.74) is 6.91. The summed E-state index contributed by atoms with van der Waals surface area (Å²) in [5.74, 6) is 1.40. The highest BCUT2D eigenvalue weighted by molar-refractivity contribution is 5.72. The topological polar surface area (TPSA) is 103 Å². The minimum Gasteiger partial charge on any atom is -0.489 e. The number of carbonyl (C=O) groups is 1. The van der Waals surface area contributed by atoms with Gasteiger partial charge in [0.25, 0.3) is 5.89 Å². The van der Waals surface area contributed by atoms with Crippen LogP contribution in [-0.4, -0.2) is 16.2 Å². The van der Waals surface area contributed by atoms with Gasteiger partial charge in [-0.2, -0.15) is 4.98 Å². The van der Waals surface area contributed by atoms with Gasteiger partial charge in [0.05, 0.1) is 6.04 Å². The van der Waals surface area contributed by atoms with Crippen molar-refractivity contribution in [1.82, 2.24) is 15.5 Å².